The normalized spacial score (nSPS) is 12.5. The number of carboxylic acids is 1. The number of carboxylic acid groups (broad SMARTS) is 1. The molecule has 0 aliphatic carbocycles. The zero-order valence-corrected chi connectivity index (χ0v) is 15.6. The molecule has 27 heavy (non-hydrogen) atoms. The number of aryl methyl sites for hydroxylation is 1. The number of benzene rings is 2. The van der Waals surface area contributed by atoms with Crippen LogP contribution in [-0.4, -0.2) is 23.5 Å². The van der Waals surface area contributed by atoms with Crippen LogP contribution >= 0.6 is 0 Å². The molecule has 0 unspecified atom stereocenters. The van der Waals surface area contributed by atoms with Gasteiger partial charge in [-0.1, -0.05) is 24.6 Å². The van der Waals surface area contributed by atoms with Crippen LogP contribution in [0.4, 0.5) is 4.39 Å². The first-order valence-electron chi connectivity index (χ1n) is 8.30. The topological polar surface area (TPSA) is 76.4 Å². The summed E-state index contributed by atoms with van der Waals surface area (Å²) in [6.07, 6.45) is 3.02. The van der Waals surface area contributed by atoms with Crippen LogP contribution in [0.2, 0.25) is 0 Å². The lowest BCUT2D eigenvalue weighted by Crippen LogP contribution is -2.11. The van der Waals surface area contributed by atoms with E-state index in [2.05, 4.69) is 0 Å². The van der Waals surface area contributed by atoms with Crippen LogP contribution in [0, 0.1) is 12.7 Å². The van der Waals surface area contributed by atoms with Gasteiger partial charge in [-0.25, -0.2) is 21.6 Å². The van der Waals surface area contributed by atoms with Crippen molar-refractivity contribution in [1.82, 2.24) is 3.97 Å². The molecule has 5 nitrogen and oxygen atoms in total. The van der Waals surface area contributed by atoms with Crippen LogP contribution in [0.25, 0.3) is 17.0 Å². The Balaban J connectivity index is 2.29. The third-order valence-corrected chi connectivity index (χ3v) is 6.02. The molecule has 2 aromatic carbocycles. The molecular formula is C20H18FNO4S. The number of hydrogen-bond acceptors (Lipinski definition) is 3. The summed E-state index contributed by atoms with van der Waals surface area (Å²) in [5.41, 5.74) is 1.60. The molecule has 1 aromatic heterocycles. The fraction of sp³-hybridized carbons (Fsp3) is 0.150. The zero-order valence-electron chi connectivity index (χ0n) is 14.8. The van der Waals surface area contributed by atoms with Crippen LogP contribution in [0.5, 0.6) is 0 Å². The third-order valence-electron chi connectivity index (χ3n) is 4.33. The standard InChI is InChI=1S/C20H18FNO4S/c1-3-14(20(23)24)10-15-12-22(19-11-16(21)6-9-18(15)19)27(25,26)17-7-4-13(2)5-8-17/h4-12H,3H2,1-2H3,(H,23,24). The molecule has 1 N–H and O–H groups in total. The van der Waals surface area contributed by atoms with Crippen molar-refractivity contribution in [2.45, 2.75) is 25.2 Å². The van der Waals surface area contributed by atoms with Crippen molar-refractivity contribution in [2.24, 2.45) is 0 Å². The number of nitrogens with zero attached hydrogens (tertiary/aromatic N) is 1. The van der Waals surface area contributed by atoms with E-state index in [4.69, 9.17) is 0 Å². The quantitative estimate of drug-likeness (QED) is 0.666. The van der Waals surface area contributed by atoms with Crippen molar-refractivity contribution in [3.8, 4) is 0 Å². The van der Waals surface area contributed by atoms with Gasteiger partial charge in [0, 0.05) is 22.7 Å². The van der Waals surface area contributed by atoms with Crippen molar-refractivity contribution in [1.29, 1.82) is 0 Å². The van der Waals surface area contributed by atoms with Crippen molar-refractivity contribution < 1.29 is 22.7 Å². The van der Waals surface area contributed by atoms with Crippen molar-refractivity contribution >= 4 is 33.0 Å². The van der Waals surface area contributed by atoms with Gasteiger partial charge in [0.25, 0.3) is 10.0 Å². The molecule has 0 amide bonds. The van der Waals surface area contributed by atoms with Crippen molar-refractivity contribution in [3.05, 3.63) is 71.2 Å². The minimum atomic E-state index is -3.97. The van der Waals surface area contributed by atoms with Gasteiger partial charge in [-0.2, -0.15) is 0 Å². The molecule has 0 spiro atoms. The van der Waals surface area contributed by atoms with E-state index in [0.29, 0.717) is 10.9 Å². The van der Waals surface area contributed by atoms with Gasteiger partial charge in [-0.05, 0) is 49.8 Å². The summed E-state index contributed by atoms with van der Waals surface area (Å²) in [7, 11) is -3.97. The highest BCUT2D eigenvalue weighted by Crippen LogP contribution is 2.29. The molecule has 0 atom stereocenters. The van der Waals surface area contributed by atoms with Crippen LogP contribution in [0.3, 0.4) is 0 Å². The van der Waals surface area contributed by atoms with Gasteiger partial charge >= 0.3 is 5.97 Å². The second kappa shape index (κ2) is 7.00. The Hall–Kier alpha value is -2.93. The summed E-state index contributed by atoms with van der Waals surface area (Å²) in [6, 6.07) is 10.1. The van der Waals surface area contributed by atoms with Crippen LogP contribution in [0.15, 0.2) is 59.1 Å². The lowest BCUT2D eigenvalue weighted by molar-refractivity contribution is -0.132. The SMILES string of the molecule is CCC(=Cc1cn(S(=O)(=O)c2ccc(C)cc2)c2cc(F)ccc12)C(=O)O. The number of aromatic nitrogens is 1. The van der Waals surface area contributed by atoms with Gasteiger partial charge in [-0.15, -0.1) is 0 Å². The van der Waals surface area contributed by atoms with E-state index >= 15 is 0 Å². The summed E-state index contributed by atoms with van der Waals surface area (Å²) < 4.78 is 41.0. The maximum Gasteiger partial charge on any atom is 0.331 e. The smallest absolute Gasteiger partial charge is 0.331 e. The van der Waals surface area contributed by atoms with Gasteiger partial charge in [-0.3, -0.25) is 0 Å². The fourth-order valence-corrected chi connectivity index (χ4v) is 4.21. The van der Waals surface area contributed by atoms with E-state index < -0.39 is 21.8 Å². The second-order valence-corrected chi connectivity index (χ2v) is 8.00. The lowest BCUT2D eigenvalue weighted by Gasteiger charge is -2.08. The molecule has 0 aliphatic heterocycles. The van der Waals surface area contributed by atoms with Crippen molar-refractivity contribution in [2.75, 3.05) is 0 Å². The van der Waals surface area contributed by atoms with Gasteiger partial charge in [0.2, 0.25) is 0 Å². The zero-order chi connectivity index (χ0) is 19.8. The average molecular weight is 387 g/mol. The summed E-state index contributed by atoms with van der Waals surface area (Å²) >= 11 is 0. The Labute approximate surface area is 156 Å². The predicted octanol–water partition coefficient (Wildman–Crippen LogP) is 4.20. The Morgan fingerprint density at radius 2 is 1.85 bits per heavy atom. The summed E-state index contributed by atoms with van der Waals surface area (Å²) in [5.74, 6) is -1.66. The molecule has 140 valence electrons. The molecular weight excluding hydrogens is 369 g/mol. The van der Waals surface area contributed by atoms with E-state index in [9.17, 15) is 22.7 Å². The average Bonchev–Trinajstić information content (AvgIpc) is 2.98. The Bertz CT molecular complexity index is 1160. The Kier molecular flexibility index (Phi) is 4.89. The number of fused-ring (bicyclic) bond motifs is 1. The molecule has 0 saturated heterocycles. The lowest BCUT2D eigenvalue weighted by atomic mass is 10.1. The van der Waals surface area contributed by atoms with Crippen LogP contribution in [0.1, 0.15) is 24.5 Å². The first kappa shape index (κ1) is 18.8. The number of hydrogen-bond donors (Lipinski definition) is 1. The second-order valence-electron chi connectivity index (χ2n) is 6.19. The molecule has 0 bridgehead atoms. The van der Waals surface area contributed by atoms with Gasteiger partial charge in [0.15, 0.2) is 0 Å². The van der Waals surface area contributed by atoms with Crippen LogP contribution in [-0.2, 0) is 14.8 Å². The van der Waals surface area contributed by atoms with E-state index in [1.807, 2.05) is 6.92 Å². The number of carbonyl (C=O) groups is 1. The third kappa shape index (κ3) is 3.50. The largest absolute Gasteiger partial charge is 0.478 e. The molecule has 3 aromatic rings. The summed E-state index contributed by atoms with van der Waals surface area (Å²) in [4.78, 5) is 11.4. The molecule has 7 heteroatoms. The molecule has 0 fully saturated rings. The Morgan fingerprint density at radius 1 is 1.19 bits per heavy atom. The maximum atomic E-state index is 13.8. The van der Waals surface area contributed by atoms with Gasteiger partial charge < -0.3 is 5.11 Å². The van der Waals surface area contributed by atoms with E-state index in [1.54, 1.807) is 19.1 Å². The van der Waals surface area contributed by atoms with E-state index in [-0.39, 0.29) is 22.4 Å². The predicted molar refractivity (Wildman–Crippen MR) is 102 cm³/mol. The van der Waals surface area contributed by atoms with Gasteiger partial charge in [0.05, 0.1) is 10.4 Å². The molecule has 1 heterocycles. The number of aliphatic carboxylic acids is 1. The molecule has 0 radical (unpaired) electrons. The summed E-state index contributed by atoms with van der Waals surface area (Å²) in [5, 5.41) is 9.73. The van der Waals surface area contributed by atoms with E-state index in [0.717, 1.165) is 15.6 Å². The fourth-order valence-electron chi connectivity index (χ4n) is 2.84. The number of halogens is 1. The molecule has 0 aliphatic rings. The van der Waals surface area contributed by atoms with Gasteiger partial charge in [0.1, 0.15) is 5.82 Å². The molecule has 0 saturated carbocycles. The first-order chi connectivity index (χ1) is 12.7. The first-order valence-corrected chi connectivity index (χ1v) is 9.74. The Morgan fingerprint density at radius 3 is 2.44 bits per heavy atom. The van der Waals surface area contributed by atoms with Crippen molar-refractivity contribution in [3.63, 3.8) is 0 Å². The highest BCUT2D eigenvalue weighted by Gasteiger charge is 2.21. The monoisotopic (exact) mass is 387 g/mol. The maximum absolute atomic E-state index is 13.8. The highest BCUT2D eigenvalue weighted by atomic mass is 32.2. The van der Waals surface area contributed by atoms with E-state index in [1.165, 1.54) is 36.5 Å². The summed E-state index contributed by atoms with van der Waals surface area (Å²) in [6.45, 7) is 3.54. The molecule has 3 rings (SSSR count). The van der Waals surface area contributed by atoms with Crippen LogP contribution < -0.4 is 0 Å². The highest BCUT2D eigenvalue weighted by molar-refractivity contribution is 7.90. The number of rotatable bonds is 5. The minimum Gasteiger partial charge on any atom is -0.478 e. The minimum absolute atomic E-state index is 0.0683.